The molecule has 0 amide bonds. The van der Waals surface area contributed by atoms with Crippen LogP contribution in [-0.4, -0.2) is 24.2 Å². The first-order chi connectivity index (χ1) is 8.61. The van der Waals surface area contributed by atoms with Gasteiger partial charge in [-0.05, 0) is 43.9 Å². The number of carboxylic acid groups (broad SMARTS) is 1. The summed E-state index contributed by atoms with van der Waals surface area (Å²) >= 11 is 0. The Kier molecular flexibility index (Phi) is 3.84. The van der Waals surface area contributed by atoms with E-state index in [0.717, 1.165) is 19.2 Å². The molecule has 0 unspecified atom stereocenters. The lowest BCUT2D eigenvalue weighted by atomic mass is 9.85. The third-order valence-electron chi connectivity index (χ3n) is 3.62. The summed E-state index contributed by atoms with van der Waals surface area (Å²) in [6, 6.07) is 4.13. The van der Waals surface area contributed by atoms with Gasteiger partial charge in [-0.25, -0.2) is 9.18 Å². The van der Waals surface area contributed by atoms with Crippen LogP contribution >= 0.6 is 0 Å². The second-order valence-electron chi connectivity index (χ2n) is 4.81. The van der Waals surface area contributed by atoms with E-state index in [2.05, 4.69) is 0 Å². The minimum atomic E-state index is -1.09. The molecule has 0 atom stereocenters. The number of carboxylic acids is 1. The van der Waals surface area contributed by atoms with Crippen molar-refractivity contribution in [1.82, 2.24) is 0 Å². The Morgan fingerprint density at radius 2 is 2.22 bits per heavy atom. The maximum atomic E-state index is 13.9. The van der Waals surface area contributed by atoms with E-state index < -0.39 is 11.8 Å². The first-order valence-corrected chi connectivity index (χ1v) is 6.39. The van der Waals surface area contributed by atoms with E-state index in [9.17, 15) is 9.18 Å². The van der Waals surface area contributed by atoms with Gasteiger partial charge in [-0.1, -0.05) is 6.42 Å². The molecular weight excluding hydrogens is 233 g/mol. The summed E-state index contributed by atoms with van der Waals surface area (Å²) in [6.07, 6.45) is 3.69. The molecule has 1 aliphatic rings. The van der Waals surface area contributed by atoms with E-state index >= 15 is 0 Å². The van der Waals surface area contributed by atoms with Gasteiger partial charge in [0.2, 0.25) is 0 Å². The Morgan fingerprint density at radius 1 is 1.50 bits per heavy atom. The van der Waals surface area contributed by atoms with Gasteiger partial charge in [-0.2, -0.15) is 0 Å². The van der Waals surface area contributed by atoms with E-state index in [4.69, 9.17) is 5.11 Å². The molecule has 0 aromatic heterocycles. The number of carbonyl (C=O) groups is 1. The highest BCUT2D eigenvalue weighted by molar-refractivity contribution is 5.88. The highest BCUT2D eigenvalue weighted by atomic mass is 19.1. The van der Waals surface area contributed by atoms with Crippen LogP contribution in [0, 0.1) is 11.7 Å². The molecule has 0 aliphatic heterocycles. The molecule has 1 aromatic carbocycles. The summed E-state index contributed by atoms with van der Waals surface area (Å²) in [4.78, 5) is 12.7. The highest BCUT2D eigenvalue weighted by Crippen LogP contribution is 2.30. The highest BCUT2D eigenvalue weighted by Gasteiger charge is 2.22. The molecule has 1 aromatic rings. The van der Waals surface area contributed by atoms with E-state index in [0.29, 0.717) is 11.6 Å². The zero-order chi connectivity index (χ0) is 13.1. The zero-order valence-electron chi connectivity index (χ0n) is 10.5. The molecule has 1 fully saturated rings. The van der Waals surface area contributed by atoms with Crippen molar-refractivity contribution in [2.45, 2.75) is 26.2 Å². The van der Waals surface area contributed by atoms with Crippen LogP contribution in [0.4, 0.5) is 10.1 Å². The summed E-state index contributed by atoms with van der Waals surface area (Å²) in [7, 11) is 0. The van der Waals surface area contributed by atoms with Crippen molar-refractivity contribution in [3.63, 3.8) is 0 Å². The van der Waals surface area contributed by atoms with Gasteiger partial charge in [0.15, 0.2) is 0 Å². The van der Waals surface area contributed by atoms with Crippen LogP contribution in [0.25, 0.3) is 0 Å². The molecule has 0 spiro atoms. The average Bonchev–Trinajstić information content (AvgIpc) is 2.29. The molecule has 98 valence electrons. The molecular formula is C14H18FNO2. The summed E-state index contributed by atoms with van der Waals surface area (Å²) in [5.74, 6) is -0.887. The van der Waals surface area contributed by atoms with E-state index in [1.807, 2.05) is 11.8 Å². The molecule has 1 saturated carbocycles. The maximum absolute atomic E-state index is 13.9. The summed E-state index contributed by atoms with van der Waals surface area (Å²) in [6.45, 7) is 3.59. The van der Waals surface area contributed by atoms with Crippen LogP contribution in [0.5, 0.6) is 0 Å². The first kappa shape index (κ1) is 12.9. The van der Waals surface area contributed by atoms with E-state index in [1.54, 1.807) is 6.07 Å². The molecule has 4 heteroatoms. The largest absolute Gasteiger partial charge is 0.478 e. The maximum Gasteiger partial charge on any atom is 0.335 e. The fourth-order valence-electron chi connectivity index (χ4n) is 2.28. The minimum absolute atomic E-state index is 0.00375. The van der Waals surface area contributed by atoms with Gasteiger partial charge < -0.3 is 10.0 Å². The van der Waals surface area contributed by atoms with Crippen LogP contribution in [0.1, 0.15) is 36.5 Å². The molecule has 0 radical (unpaired) electrons. The second-order valence-corrected chi connectivity index (χ2v) is 4.81. The molecule has 18 heavy (non-hydrogen) atoms. The van der Waals surface area contributed by atoms with Gasteiger partial charge >= 0.3 is 5.97 Å². The lowest BCUT2D eigenvalue weighted by molar-refractivity contribution is 0.0696. The lowest BCUT2D eigenvalue weighted by Crippen LogP contribution is -2.33. The first-order valence-electron chi connectivity index (χ1n) is 6.39. The summed E-state index contributed by atoms with van der Waals surface area (Å²) in [5.41, 5.74) is 0.505. The molecule has 3 nitrogen and oxygen atoms in total. The Balaban J connectivity index is 2.16. The van der Waals surface area contributed by atoms with Gasteiger partial charge in [-0.3, -0.25) is 0 Å². The number of rotatable bonds is 5. The Hall–Kier alpha value is -1.58. The molecule has 1 N–H and O–H groups in total. The van der Waals surface area contributed by atoms with Gasteiger partial charge in [0.05, 0.1) is 11.3 Å². The van der Waals surface area contributed by atoms with Gasteiger partial charge in [0.1, 0.15) is 5.82 Å². The standard InChI is InChI=1S/C14H18FNO2/c1-2-16(9-10-4-3-5-10)13-7-6-11(14(17)18)8-12(13)15/h6-8,10H,2-5,9H2,1H3,(H,17,18). The number of nitrogens with zero attached hydrogens (tertiary/aromatic N) is 1. The number of anilines is 1. The molecule has 1 aliphatic carbocycles. The van der Waals surface area contributed by atoms with Crippen LogP contribution in [-0.2, 0) is 0 Å². The van der Waals surface area contributed by atoms with Crippen molar-refractivity contribution in [3.05, 3.63) is 29.6 Å². The summed E-state index contributed by atoms with van der Waals surface area (Å²) < 4.78 is 13.9. The third-order valence-corrected chi connectivity index (χ3v) is 3.62. The molecule has 0 bridgehead atoms. The van der Waals surface area contributed by atoms with Crippen LogP contribution in [0.15, 0.2) is 18.2 Å². The quantitative estimate of drug-likeness (QED) is 0.874. The van der Waals surface area contributed by atoms with E-state index in [-0.39, 0.29) is 5.56 Å². The topological polar surface area (TPSA) is 40.5 Å². The van der Waals surface area contributed by atoms with Crippen LogP contribution < -0.4 is 4.90 Å². The second kappa shape index (κ2) is 5.38. The van der Waals surface area contributed by atoms with Gasteiger partial charge in [0.25, 0.3) is 0 Å². The van der Waals surface area contributed by atoms with Crippen molar-refractivity contribution in [3.8, 4) is 0 Å². The number of hydrogen-bond donors (Lipinski definition) is 1. The van der Waals surface area contributed by atoms with Crippen molar-refractivity contribution >= 4 is 11.7 Å². The summed E-state index contributed by atoms with van der Waals surface area (Å²) in [5, 5.41) is 8.81. The molecule has 0 saturated heterocycles. The third kappa shape index (κ3) is 2.63. The predicted octanol–water partition coefficient (Wildman–Crippen LogP) is 3.15. The number of benzene rings is 1. The Morgan fingerprint density at radius 3 is 2.67 bits per heavy atom. The van der Waals surface area contributed by atoms with E-state index in [1.165, 1.54) is 25.3 Å². The lowest BCUT2D eigenvalue weighted by Gasteiger charge is -2.33. The average molecular weight is 251 g/mol. The zero-order valence-corrected chi connectivity index (χ0v) is 10.5. The number of aromatic carboxylic acids is 1. The van der Waals surface area contributed by atoms with Gasteiger partial charge in [0, 0.05) is 13.1 Å². The predicted molar refractivity (Wildman–Crippen MR) is 68.6 cm³/mol. The monoisotopic (exact) mass is 251 g/mol. The fourth-order valence-corrected chi connectivity index (χ4v) is 2.28. The Labute approximate surface area is 106 Å². The number of hydrogen-bond acceptors (Lipinski definition) is 2. The van der Waals surface area contributed by atoms with Crippen LogP contribution in [0.2, 0.25) is 0 Å². The Bertz CT molecular complexity index is 443. The number of halogens is 1. The normalized spacial score (nSPS) is 15.2. The smallest absolute Gasteiger partial charge is 0.335 e. The van der Waals surface area contributed by atoms with Gasteiger partial charge in [-0.15, -0.1) is 0 Å². The minimum Gasteiger partial charge on any atom is -0.478 e. The van der Waals surface area contributed by atoms with Crippen molar-refractivity contribution in [2.75, 3.05) is 18.0 Å². The molecule has 0 heterocycles. The van der Waals surface area contributed by atoms with Crippen LogP contribution in [0.3, 0.4) is 0 Å². The van der Waals surface area contributed by atoms with Crippen molar-refractivity contribution in [2.24, 2.45) is 5.92 Å². The molecule has 2 rings (SSSR count). The fraction of sp³-hybridized carbons (Fsp3) is 0.500. The van der Waals surface area contributed by atoms with Crippen molar-refractivity contribution < 1.29 is 14.3 Å². The SMILES string of the molecule is CCN(CC1CCC1)c1ccc(C(=O)O)cc1F. The van der Waals surface area contributed by atoms with Crippen molar-refractivity contribution in [1.29, 1.82) is 0 Å².